The summed E-state index contributed by atoms with van der Waals surface area (Å²) in [6.45, 7) is 0. The lowest BCUT2D eigenvalue weighted by Gasteiger charge is -2.23. The molecule has 1 unspecified atom stereocenters. The van der Waals surface area contributed by atoms with Gasteiger partial charge in [-0.25, -0.2) is 0 Å². The van der Waals surface area contributed by atoms with E-state index in [0.29, 0.717) is 11.1 Å². The van der Waals surface area contributed by atoms with Gasteiger partial charge in [0, 0.05) is 6.04 Å². The number of allylic oxidation sites excluding steroid dienone is 1. The van der Waals surface area contributed by atoms with Crippen molar-refractivity contribution in [1.29, 1.82) is 10.5 Å². The lowest BCUT2D eigenvalue weighted by atomic mass is 9.94. The third-order valence-electron chi connectivity index (χ3n) is 4.08. The second kappa shape index (κ2) is 8.64. The third kappa shape index (κ3) is 4.79. The number of nitrogens with one attached hydrogen (secondary N) is 1. The Morgan fingerprint density at radius 1 is 1.21 bits per heavy atom. The molecule has 0 radical (unpaired) electrons. The summed E-state index contributed by atoms with van der Waals surface area (Å²) in [6.07, 6.45) is 7.82. The standard InChI is InChI=1S/C19H19N3O2/c20-12-15-6-4-5-14(11-15)9-10-18(23)17(13-21)19(24)22-16-7-2-1-3-8-16/h4-6,9-11,16-17H,1-3,7-8H2,(H,22,24)/b10-9+. The van der Waals surface area contributed by atoms with Crippen molar-refractivity contribution in [2.24, 2.45) is 5.92 Å². The van der Waals surface area contributed by atoms with E-state index in [0.717, 1.165) is 32.1 Å². The van der Waals surface area contributed by atoms with Gasteiger partial charge >= 0.3 is 0 Å². The number of carbonyl (C=O) groups excluding carboxylic acids is 2. The maximum atomic E-state index is 12.2. The van der Waals surface area contributed by atoms with Gasteiger partial charge in [-0.05, 0) is 36.6 Å². The number of amides is 1. The van der Waals surface area contributed by atoms with Crippen LogP contribution in [0.2, 0.25) is 0 Å². The van der Waals surface area contributed by atoms with E-state index in [1.807, 2.05) is 6.07 Å². The molecule has 0 aliphatic heterocycles. The van der Waals surface area contributed by atoms with E-state index in [-0.39, 0.29) is 6.04 Å². The molecule has 1 atom stereocenters. The van der Waals surface area contributed by atoms with E-state index in [1.165, 1.54) is 12.2 Å². The first-order valence-corrected chi connectivity index (χ1v) is 8.06. The maximum absolute atomic E-state index is 12.2. The Kier molecular flexibility index (Phi) is 6.28. The van der Waals surface area contributed by atoms with Crippen molar-refractivity contribution < 1.29 is 9.59 Å². The molecule has 1 N–H and O–H groups in total. The first-order valence-electron chi connectivity index (χ1n) is 8.06. The highest BCUT2D eigenvalue weighted by molar-refractivity contribution is 6.10. The van der Waals surface area contributed by atoms with Crippen LogP contribution < -0.4 is 5.32 Å². The zero-order chi connectivity index (χ0) is 17.4. The van der Waals surface area contributed by atoms with Crippen LogP contribution in [0.25, 0.3) is 6.08 Å². The van der Waals surface area contributed by atoms with Gasteiger partial charge in [-0.3, -0.25) is 9.59 Å². The average molecular weight is 321 g/mol. The summed E-state index contributed by atoms with van der Waals surface area (Å²) < 4.78 is 0. The van der Waals surface area contributed by atoms with Gasteiger partial charge in [-0.1, -0.05) is 37.5 Å². The lowest BCUT2D eigenvalue weighted by Crippen LogP contribution is -2.41. The van der Waals surface area contributed by atoms with Gasteiger partial charge in [0.2, 0.25) is 5.91 Å². The number of hydrogen-bond donors (Lipinski definition) is 1. The molecule has 0 spiro atoms. The van der Waals surface area contributed by atoms with Gasteiger partial charge in [0.05, 0.1) is 17.7 Å². The van der Waals surface area contributed by atoms with Crippen molar-refractivity contribution in [3.63, 3.8) is 0 Å². The summed E-state index contributed by atoms with van der Waals surface area (Å²) in [6, 6.07) is 10.6. The predicted molar refractivity (Wildman–Crippen MR) is 89.3 cm³/mol. The molecule has 1 fully saturated rings. The monoisotopic (exact) mass is 321 g/mol. The quantitative estimate of drug-likeness (QED) is 0.666. The van der Waals surface area contributed by atoms with Crippen molar-refractivity contribution >= 4 is 17.8 Å². The van der Waals surface area contributed by atoms with Crippen LogP contribution in [0.5, 0.6) is 0 Å². The van der Waals surface area contributed by atoms with E-state index in [1.54, 1.807) is 30.3 Å². The Morgan fingerprint density at radius 2 is 1.96 bits per heavy atom. The molecule has 1 aliphatic rings. The fourth-order valence-corrected chi connectivity index (χ4v) is 2.77. The highest BCUT2D eigenvalue weighted by Crippen LogP contribution is 2.18. The molecule has 1 aromatic rings. The third-order valence-corrected chi connectivity index (χ3v) is 4.08. The molecule has 2 rings (SSSR count). The molecule has 1 aliphatic carbocycles. The summed E-state index contributed by atoms with van der Waals surface area (Å²) in [5.41, 5.74) is 1.16. The number of nitriles is 2. The Labute approximate surface area is 141 Å². The molecule has 1 amide bonds. The van der Waals surface area contributed by atoms with Crippen LogP contribution in [0, 0.1) is 28.6 Å². The Balaban J connectivity index is 2.00. The van der Waals surface area contributed by atoms with Crippen molar-refractivity contribution in [2.45, 2.75) is 38.1 Å². The van der Waals surface area contributed by atoms with Gasteiger partial charge in [0.25, 0.3) is 0 Å². The molecule has 24 heavy (non-hydrogen) atoms. The smallest absolute Gasteiger partial charge is 0.245 e. The van der Waals surface area contributed by atoms with E-state index in [4.69, 9.17) is 10.5 Å². The number of rotatable bonds is 5. The summed E-state index contributed by atoms with van der Waals surface area (Å²) in [4.78, 5) is 24.3. The molecular weight excluding hydrogens is 302 g/mol. The number of carbonyl (C=O) groups is 2. The predicted octanol–water partition coefficient (Wildman–Crippen LogP) is 2.73. The van der Waals surface area contributed by atoms with E-state index in [2.05, 4.69) is 5.32 Å². The molecule has 5 heteroatoms. The van der Waals surface area contributed by atoms with Gasteiger partial charge in [-0.2, -0.15) is 10.5 Å². The van der Waals surface area contributed by atoms with Gasteiger partial charge in [0.1, 0.15) is 0 Å². The Morgan fingerprint density at radius 3 is 2.62 bits per heavy atom. The number of ketones is 1. The average Bonchev–Trinajstić information content (AvgIpc) is 2.61. The van der Waals surface area contributed by atoms with Crippen LogP contribution in [-0.2, 0) is 9.59 Å². The Hall–Kier alpha value is -2.92. The minimum Gasteiger partial charge on any atom is -0.352 e. The molecular formula is C19H19N3O2. The van der Waals surface area contributed by atoms with Crippen LogP contribution in [0.4, 0.5) is 0 Å². The number of hydrogen-bond acceptors (Lipinski definition) is 4. The van der Waals surface area contributed by atoms with E-state index < -0.39 is 17.6 Å². The lowest BCUT2D eigenvalue weighted by molar-refractivity contribution is -0.130. The molecule has 122 valence electrons. The summed E-state index contributed by atoms with van der Waals surface area (Å²) in [5.74, 6) is -2.40. The maximum Gasteiger partial charge on any atom is 0.245 e. The largest absolute Gasteiger partial charge is 0.352 e. The molecule has 0 bridgehead atoms. The van der Waals surface area contributed by atoms with Gasteiger partial charge in [-0.15, -0.1) is 0 Å². The molecule has 0 saturated heterocycles. The second-order valence-electron chi connectivity index (χ2n) is 5.88. The summed E-state index contributed by atoms with van der Waals surface area (Å²) in [5, 5.41) is 20.8. The van der Waals surface area contributed by atoms with Crippen molar-refractivity contribution in [2.75, 3.05) is 0 Å². The first kappa shape index (κ1) is 17.4. The number of nitrogens with zero attached hydrogens (tertiary/aromatic N) is 2. The normalized spacial score (nSPS) is 16.1. The SMILES string of the molecule is N#Cc1cccc(/C=C/C(=O)C(C#N)C(=O)NC2CCCCC2)c1. The fourth-order valence-electron chi connectivity index (χ4n) is 2.77. The minimum atomic E-state index is -1.33. The number of benzene rings is 1. The molecule has 0 aromatic heterocycles. The zero-order valence-corrected chi connectivity index (χ0v) is 13.4. The van der Waals surface area contributed by atoms with Crippen molar-refractivity contribution in [1.82, 2.24) is 5.32 Å². The van der Waals surface area contributed by atoms with Crippen LogP contribution in [0.3, 0.4) is 0 Å². The summed E-state index contributed by atoms with van der Waals surface area (Å²) in [7, 11) is 0. The van der Waals surface area contributed by atoms with Gasteiger partial charge in [0.15, 0.2) is 11.7 Å². The van der Waals surface area contributed by atoms with E-state index >= 15 is 0 Å². The van der Waals surface area contributed by atoms with E-state index in [9.17, 15) is 9.59 Å². The molecule has 5 nitrogen and oxygen atoms in total. The van der Waals surface area contributed by atoms with Crippen LogP contribution in [-0.4, -0.2) is 17.7 Å². The summed E-state index contributed by atoms with van der Waals surface area (Å²) >= 11 is 0. The van der Waals surface area contributed by atoms with Crippen molar-refractivity contribution in [3.8, 4) is 12.1 Å². The van der Waals surface area contributed by atoms with Crippen molar-refractivity contribution in [3.05, 3.63) is 41.5 Å². The highest BCUT2D eigenvalue weighted by Gasteiger charge is 2.27. The highest BCUT2D eigenvalue weighted by atomic mass is 16.2. The van der Waals surface area contributed by atoms with Crippen LogP contribution in [0.1, 0.15) is 43.2 Å². The molecule has 1 saturated carbocycles. The molecule has 1 aromatic carbocycles. The first-order chi connectivity index (χ1) is 11.6. The Bertz CT molecular complexity index is 719. The van der Waals surface area contributed by atoms with Crippen LogP contribution in [0.15, 0.2) is 30.3 Å². The fraction of sp³-hybridized carbons (Fsp3) is 0.368. The topological polar surface area (TPSA) is 93.8 Å². The molecule has 0 heterocycles. The second-order valence-corrected chi connectivity index (χ2v) is 5.88. The minimum absolute atomic E-state index is 0.0613. The zero-order valence-electron chi connectivity index (χ0n) is 13.4. The van der Waals surface area contributed by atoms with Gasteiger partial charge < -0.3 is 5.32 Å². The van der Waals surface area contributed by atoms with Crippen LogP contribution >= 0.6 is 0 Å².